The van der Waals surface area contributed by atoms with Crippen LogP contribution in [0.25, 0.3) is 0 Å². The predicted molar refractivity (Wildman–Crippen MR) is 105 cm³/mol. The minimum Gasteiger partial charge on any atom is -0.484 e. The number of H-pyrrole nitrogens is 1. The Labute approximate surface area is 163 Å². The molecule has 0 atom stereocenters. The van der Waals surface area contributed by atoms with E-state index in [0.29, 0.717) is 34.0 Å². The van der Waals surface area contributed by atoms with E-state index in [1.165, 1.54) is 4.90 Å². The molecule has 2 rings (SSSR count). The number of likely N-dealkylation sites (N-methyl/N-ethyl adjacent to an activating group) is 1. The van der Waals surface area contributed by atoms with Gasteiger partial charge >= 0.3 is 5.97 Å². The Morgan fingerprint density at radius 2 is 1.75 bits per heavy atom. The lowest BCUT2D eigenvalue weighted by molar-refractivity contribution is -0.130. The molecule has 0 spiro atoms. The highest BCUT2D eigenvalue weighted by Gasteiger charge is 2.22. The molecule has 0 aliphatic carbocycles. The molecule has 28 heavy (non-hydrogen) atoms. The standard InChI is InChI=1S/C20H25N3O5/c1-6-27-20(26)17-12(2)18(21-13(17)3)19(25)22-14-7-9-15(10-8-14)28-11-16(24)23(4)5/h7-10,21H,6,11H2,1-5H3,(H,22,25). The van der Waals surface area contributed by atoms with Crippen LogP contribution in [0.1, 0.15) is 39.0 Å². The monoisotopic (exact) mass is 387 g/mol. The summed E-state index contributed by atoms with van der Waals surface area (Å²) in [6.07, 6.45) is 0. The van der Waals surface area contributed by atoms with E-state index < -0.39 is 5.97 Å². The number of amides is 2. The average Bonchev–Trinajstić information content (AvgIpc) is 2.95. The Balaban J connectivity index is 2.06. The fourth-order valence-electron chi connectivity index (χ4n) is 2.59. The molecule has 0 aliphatic rings. The van der Waals surface area contributed by atoms with Gasteiger partial charge in [-0.2, -0.15) is 0 Å². The first-order chi connectivity index (χ1) is 13.2. The Bertz CT molecular complexity index is 869. The lowest BCUT2D eigenvalue weighted by atomic mass is 10.1. The first-order valence-electron chi connectivity index (χ1n) is 8.85. The number of anilines is 1. The number of ether oxygens (including phenoxy) is 2. The fourth-order valence-corrected chi connectivity index (χ4v) is 2.59. The molecule has 1 aromatic carbocycles. The van der Waals surface area contributed by atoms with Crippen LogP contribution in [0.5, 0.6) is 5.75 Å². The summed E-state index contributed by atoms with van der Waals surface area (Å²) in [7, 11) is 3.31. The molecule has 1 aromatic heterocycles. The summed E-state index contributed by atoms with van der Waals surface area (Å²) in [4.78, 5) is 40.6. The third kappa shape index (κ3) is 4.91. The summed E-state index contributed by atoms with van der Waals surface area (Å²) in [5.41, 5.74) is 2.35. The van der Waals surface area contributed by atoms with Gasteiger partial charge in [-0.15, -0.1) is 0 Å². The number of aromatic nitrogens is 1. The number of aromatic amines is 1. The first-order valence-corrected chi connectivity index (χ1v) is 8.85. The summed E-state index contributed by atoms with van der Waals surface area (Å²) >= 11 is 0. The van der Waals surface area contributed by atoms with E-state index in [9.17, 15) is 14.4 Å². The maximum Gasteiger partial charge on any atom is 0.340 e. The molecule has 0 saturated heterocycles. The molecule has 2 amide bonds. The van der Waals surface area contributed by atoms with Gasteiger partial charge in [-0.05, 0) is 50.6 Å². The number of nitrogens with one attached hydrogen (secondary N) is 2. The number of benzene rings is 1. The number of rotatable bonds is 7. The Hall–Kier alpha value is -3.29. The third-order valence-electron chi connectivity index (χ3n) is 4.12. The van der Waals surface area contributed by atoms with Gasteiger partial charge in [0.1, 0.15) is 11.4 Å². The molecule has 0 fully saturated rings. The molecule has 8 nitrogen and oxygen atoms in total. The Morgan fingerprint density at radius 3 is 2.32 bits per heavy atom. The number of nitrogens with zero attached hydrogens (tertiary/aromatic N) is 1. The topological polar surface area (TPSA) is 101 Å². The minimum absolute atomic E-state index is 0.0592. The molecule has 0 aliphatic heterocycles. The number of hydrogen-bond donors (Lipinski definition) is 2. The van der Waals surface area contributed by atoms with Crippen LogP contribution < -0.4 is 10.1 Å². The Kier molecular flexibility index (Phi) is 6.81. The van der Waals surface area contributed by atoms with Crippen molar-refractivity contribution < 1.29 is 23.9 Å². The molecular weight excluding hydrogens is 362 g/mol. The van der Waals surface area contributed by atoms with Crippen LogP contribution in [-0.4, -0.2) is 55.0 Å². The zero-order valence-corrected chi connectivity index (χ0v) is 16.7. The van der Waals surface area contributed by atoms with E-state index in [-0.39, 0.29) is 25.0 Å². The van der Waals surface area contributed by atoms with Gasteiger partial charge in [0.05, 0.1) is 12.2 Å². The molecule has 2 aromatic rings. The zero-order valence-electron chi connectivity index (χ0n) is 16.7. The highest BCUT2D eigenvalue weighted by molar-refractivity contribution is 6.06. The molecule has 1 heterocycles. The van der Waals surface area contributed by atoms with Gasteiger partial charge in [-0.1, -0.05) is 0 Å². The molecule has 0 unspecified atom stereocenters. The van der Waals surface area contributed by atoms with Crippen molar-refractivity contribution >= 4 is 23.5 Å². The van der Waals surface area contributed by atoms with Gasteiger partial charge in [-0.25, -0.2) is 4.79 Å². The van der Waals surface area contributed by atoms with Crippen LogP contribution in [0.15, 0.2) is 24.3 Å². The normalized spacial score (nSPS) is 10.3. The van der Waals surface area contributed by atoms with Crippen LogP contribution in [0.4, 0.5) is 5.69 Å². The summed E-state index contributed by atoms with van der Waals surface area (Å²) in [5.74, 6) is -0.453. The van der Waals surface area contributed by atoms with E-state index >= 15 is 0 Å². The molecular formula is C20H25N3O5. The lowest BCUT2D eigenvalue weighted by Gasteiger charge is -2.11. The molecule has 0 saturated carbocycles. The summed E-state index contributed by atoms with van der Waals surface area (Å²) in [6.45, 7) is 5.35. The van der Waals surface area contributed by atoms with E-state index in [2.05, 4.69) is 10.3 Å². The van der Waals surface area contributed by atoms with Crippen molar-refractivity contribution in [2.45, 2.75) is 20.8 Å². The van der Waals surface area contributed by atoms with Crippen LogP contribution >= 0.6 is 0 Å². The molecule has 0 bridgehead atoms. The van der Waals surface area contributed by atoms with Gasteiger partial charge in [0, 0.05) is 25.5 Å². The van der Waals surface area contributed by atoms with Gasteiger partial charge in [0.2, 0.25) is 0 Å². The highest BCUT2D eigenvalue weighted by atomic mass is 16.5. The lowest BCUT2D eigenvalue weighted by Crippen LogP contribution is -2.27. The predicted octanol–water partition coefficient (Wildman–Crippen LogP) is 2.53. The molecule has 0 radical (unpaired) electrons. The number of hydrogen-bond acceptors (Lipinski definition) is 5. The summed E-state index contributed by atoms with van der Waals surface area (Å²) < 4.78 is 10.4. The summed E-state index contributed by atoms with van der Waals surface area (Å²) in [5, 5.41) is 2.77. The van der Waals surface area contributed by atoms with Gasteiger partial charge in [0.15, 0.2) is 6.61 Å². The van der Waals surface area contributed by atoms with Crippen molar-refractivity contribution in [3.05, 3.63) is 46.8 Å². The van der Waals surface area contributed by atoms with Crippen molar-refractivity contribution in [1.82, 2.24) is 9.88 Å². The quantitative estimate of drug-likeness (QED) is 0.711. The van der Waals surface area contributed by atoms with Crippen molar-refractivity contribution in [2.24, 2.45) is 0 Å². The van der Waals surface area contributed by atoms with Crippen LogP contribution in [0.2, 0.25) is 0 Å². The van der Waals surface area contributed by atoms with E-state index in [1.807, 2.05) is 0 Å². The second kappa shape index (κ2) is 9.07. The zero-order chi connectivity index (χ0) is 20.8. The van der Waals surface area contributed by atoms with Gasteiger partial charge in [-0.3, -0.25) is 9.59 Å². The first kappa shape index (κ1) is 21.0. The van der Waals surface area contributed by atoms with Crippen LogP contribution in [0, 0.1) is 13.8 Å². The molecule has 150 valence electrons. The third-order valence-corrected chi connectivity index (χ3v) is 4.12. The maximum absolute atomic E-state index is 12.6. The van der Waals surface area contributed by atoms with Crippen molar-refractivity contribution in [3.8, 4) is 5.75 Å². The molecule has 2 N–H and O–H groups in total. The SMILES string of the molecule is CCOC(=O)c1c(C)[nH]c(C(=O)Nc2ccc(OCC(=O)N(C)C)cc2)c1C. The van der Waals surface area contributed by atoms with Gasteiger partial charge < -0.3 is 24.7 Å². The Morgan fingerprint density at radius 1 is 1.11 bits per heavy atom. The second-order valence-corrected chi connectivity index (χ2v) is 6.40. The number of esters is 1. The van der Waals surface area contributed by atoms with E-state index in [4.69, 9.17) is 9.47 Å². The number of carbonyl (C=O) groups is 3. The largest absolute Gasteiger partial charge is 0.484 e. The maximum atomic E-state index is 12.6. The number of aryl methyl sites for hydroxylation is 1. The van der Waals surface area contributed by atoms with Crippen molar-refractivity contribution in [1.29, 1.82) is 0 Å². The van der Waals surface area contributed by atoms with Gasteiger partial charge in [0.25, 0.3) is 11.8 Å². The van der Waals surface area contributed by atoms with Crippen LogP contribution in [-0.2, 0) is 9.53 Å². The minimum atomic E-state index is -0.457. The highest BCUT2D eigenvalue weighted by Crippen LogP contribution is 2.21. The van der Waals surface area contributed by atoms with Crippen molar-refractivity contribution in [3.63, 3.8) is 0 Å². The molecule has 8 heteroatoms. The van der Waals surface area contributed by atoms with Crippen LogP contribution in [0.3, 0.4) is 0 Å². The smallest absolute Gasteiger partial charge is 0.340 e. The summed E-state index contributed by atoms with van der Waals surface area (Å²) in [6, 6.07) is 6.67. The van der Waals surface area contributed by atoms with Crippen molar-refractivity contribution in [2.75, 3.05) is 32.6 Å². The fraction of sp³-hybridized carbons (Fsp3) is 0.350. The second-order valence-electron chi connectivity index (χ2n) is 6.40. The number of carbonyl (C=O) groups excluding carboxylic acids is 3. The average molecular weight is 387 g/mol. The van der Waals surface area contributed by atoms with E-state index in [0.717, 1.165) is 0 Å². The van der Waals surface area contributed by atoms with E-state index in [1.54, 1.807) is 59.1 Å².